The zero-order chi connectivity index (χ0) is 18.8. The van der Waals surface area contributed by atoms with Crippen LogP contribution < -0.4 is 10.2 Å². The van der Waals surface area contributed by atoms with E-state index in [1.165, 1.54) is 6.07 Å². The molecule has 0 saturated heterocycles. The number of rotatable bonds is 3. The van der Waals surface area contributed by atoms with Gasteiger partial charge in [0.05, 0.1) is 10.6 Å². The molecule has 136 valence electrons. The molecule has 2 aromatic carbocycles. The summed E-state index contributed by atoms with van der Waals surface area (Å²) in [7, 11) is 0. The van der Waals surface area contributed by atoms with Crippen molar-refractivity contribution in [3.63, 3.8) is 0 Å². The quantitative estimate of drug-likeness (QED) is 0.784. The topological polar surface area (TPSA) is 49.4 Å². The van der Waals surface area contributed by atoms with Gasteiger partial charge in [-0.05, 0) is 48.7 Å². The Morgan fingerprint density at radius 3 is 2.58 bits per heavy atom. The van der Waals surface area contributed by atoms with E-state index < -0.39 is 0 Å². The van der Waals surface area contributed by atoms with E-state index in [9.17, 15) is 9.59 Å². The Bertz CT molecular complexity index is 865. The molecular weight excluding hydrogens is 371 g/mol. The standard InChI is InChI=1S/C20H20Cl2N2O2/c1-12(2)20(26)24-9-3-4-13-5-7-15(11-18(13)24)23-19(25)16-8-6-14(21)10-17(16)22/h5-8,10-12H,3-4,9H2,1-2H3,(H,23,25). The number of amides is 2. The summed E-state index contributed by atoms with van der Waals surface area (Å²) in [5, 5.41) is 3.62. The monoisotopic (exact) mass is 390 g/mol. The molecule has 0 bridgehead atoms. The first-order chi connectivity index (χ1) is 12.4. The number of fused-ring (bicyclic) bond motifs is 1. The van der Waals surface area contributed by atoms with Crippen LogP contribution in [0.4, 0.5) is 11.4 Å². The van der Waals surface area contributed by atoms with Gasteiger partial charge in [-0.2, -0.15) is 0 Å². The average molecular weight is 391 g/mol. The number of anilines is 2. The predicted octanol–water partition coefficient (Wildman–Crippen LogP) is 5.18. The van der Waals surface area contributed by atoms with E-state index in [-0.39, 0.29) is 17.7 Å². The Hall–Kier alpha value is -2.04. The van der Waals surface area contributed by atoms with Crippen LogP contribution >= 0.6 is 23.2 Å². The van der Waals surface area contributed by atoms with Gasteiger partial charge in [0.2, 0.25) is 5.91 Å². The van der Waals surface area contributed by atoms with E-state index in [1.54, 1.807) is 12.1 Å². The van der Waals surface area contributed by atoms with Gasteiger partial charge in [0.1, 0.15) is 0 Å². The first-order valence-corrected chi connectivity index (χ1v) is 9.33. The van der Waals surface area contributed by atoms with Crippen LogP contribution in [0.15, 0.2) is 36.4 Å². The molecule has 4 nitrogen and oxygen atoms in total. The van der Waals surface area contributed by atoms with E-state index >= 15 is 0 Å². The smallest absolute Gasteiger partial charge is 0.257 e. The predicted molar refractivity (Wildman–Crippen MR) is 106 cm³/mol. The van der Waals surface area contributed by atoms with Crippen LogP contribution in [0.25, 0.3) is 0 Å². The minimum Gasteiger partial charge on any atom is -0.322 e. The number of carbonyl (C=O) groups is 2. The van der Waals surface area contributed by atoms with E-state index in [4.69, 9.17) is 23.2 Å². The summed E-state index contributed by atoms with van der Waals surface area (Å²) in [4.78, 5) is 26.8. The first-order valence-electron chi connectivity index (χ1n) is 8.57. The molecular formula is C20H20Cl2N2O2. The molecule has 0 saturated carbocycles. The summed E-state index contributed by atoms with van der Waals surface area (Å²) in [6.45, 7) is 4.49. The Balaban J connectivity index is 1.87. The minimum atomic E-state index is -0.316. The van der Waals surface area contributed by atoms with Crippen LogP contribution in [-0.4, -0.2) is 18.4 Å². The third kappa shape index (κ3) is 3.87. The number of benzene rings is 2. The molecule has 0 atom stereocenters. The molecule has 0 unspecified atom stereocenters. The van der Waals surface area contributed by atoms with Gasteiger partial charge in [0, 0.05) is 28.9 Å². The van der Waals surface area contributed by atoms with Crippen molar-refractivity contribution in [2.45, 2.75) is 26.7 Å². The zero-order valence-electron chi connectivity index (χ0n) is 14.7. The second kappa shape index (κ2) is 7.68. The number of nitrogens with zero attached hydrogens (tertiary/aromatic N) is 1. The molecule has 0 aliphatic carbocycles. The Kier molecular flexibility index (Phi) is 5.54. The fraction of sp³-hybridized carbons (Fsp3) is 0.300. The maximum atomic E-state index is 12.5. The summed E-state index contributed by atoms with van der Waals surface area (Å²) in [6, 6.07) is 10.4. The van der Waals surface area contributed by atoms with Crippen molar-refractivity contribution in [1.29, 1.82) is 0 Å². The van der Waals surface area contributed by atoms with E-state index in [0.717, 1.165) is 24.1 Å². The summed E-state index contributed by atoms with van der Waals surface area (Å²) in [6.07, 6.45) is 1.87. The molecule has 26 heavy (non-hydrogen) atoms. The molecule has 0 aromatic heterocycles. The Morgan fingerprint density at radius 1 is 1.12 bits per heavy atom. The van der Waals surface area contributed by atoms with Crippen molar-refractivity contribution >= 4 is 46.4 Å². The van der Waals surface area contributed by atoms with Crippen LogP contribution in [0.3, 0.4) is 0 Å². The minimum absolute atomic E-state index is 0.0768. The van der Waals surface area contributed by atoms with Crippen molar-refractivity contribution < 1.29 is 9.59 Å². The fourth-order valence-electron chi connectivity index (χ4n) is 3.06. The van der Waals surface area contributed by atoms with Gasteiger partial charge in [0.25, 0.3) is 5.91 Å². The average Bonchev–Trinajstić information content (AvgIpc) is 2.60. The van der Waals surface area contributed by atoms with Crippen LogP contribution in [0.1, 0.15) is 36.2 Å². The molecule has 2 amide bonds. The zero-order valence-corrected chi connectivity index (χ0v) is 16.2. The summed E-state index contributed by atoms with van der Waals surface area (Å²) in [5.41, 5.74) is 2.97. The Morgan fingerprint density at radius 2 is 1.88 bits per heavy atom. The first kappa shape index (κ1) is 18.7. The molecule has 0 radical (unpaired) electrons. The lowest BCUT2D eigenvalue weighted by atomic mass is 9.99. The van der Waals surface area contributed by atoms with Gasteiger partial charge in [0.15, 0.2) is 0 Å². The van der Waals surface area contributed by atoms with Crippen molar-refractivity contribution in [1.82, 2.24) is 0 Å². The van der Waals surface area contributed by atoms with Gasteiger partial charge < -0.3 is 10.2 Å². The summed E-state index contributed by atoms with van der Waals surface area (Å²) < 4.78 is 0. The van der Waals surface area contributed by atoms with E-state index in [1.807, 2.05) is 36.9 Å². The van der Waals surface area contributed by atoms with E-state index in [2.05, 4.69) is 5.32 Å². The van der Waals surface area contributed by atoms with Crippen LogP contribution in [0.2, 0.25) is 10.0 Å². The molecule has 6 heteroatoms. The largest absolute Gasteiger partial charge is 0.322 e. The number of aryl methyl sites for hydroxylation is 1. The van der Waals surface area contributed by atoms with Crippen molar-refractivity contribution in [2.24, 2.45) is 5.92 Å². The Labute approximate surface area is 163 Å². The van der Waals surface area contributed by atoms with Gasteiger partial charge in [-0.25, -0.2) is 0 Å². The molecule has 1 aliphatic heterocycles. The highest BCUT2D eigenvalue weighted by Gasteiger charge is 2.25. The molecule has 3 rings (SSSR count). The van der Waals surface area contributed by atoms with Crippen LogP contribution in [-0.2, 0) is 11.2 Å². The van der Waals surface area contributed by atoms with E-state index in [0.29, 0.717) is 27.8 Å². The van der Waals surface area contributed by atoms with Crippen LogP contribution in [0.5, 0.6) is 0 Å². The number of nitrogens with one attached hydrogen (secondary N) is 1. The number of hydrogen-bond acceptors (Lipinski definition) is 2. The normalized spacial score (nSPS) is 13.5. The van der Waals surface area contributed by atoms with Crippen molar-refractivity contribution in [2.75, 3.05) is 16.8 Å². The molecule has 1 heterocycles. The lowest BCUT2D eigenvalue weighted by Crippen LogP contribution is -2.38. The highest BCUT2D eigenvalue weighted by Crippen LogP contribution is 2.31. The van der Waals surface area contributed by atoms with Gasteiger partial charge in [-0.1, -0.05) is 43.1 Å². The highest BCUT2D eigenvalue weighted by atomic mass is 35.5. The highest BCUT2D eigenvalue weighted by molar-refractivity contribution is 6.37. The third-order valence-electron chi connectivity index (χ3n) is 4.40. The van der Waals surface area contributed by atoms with Gasteiger partial charge >= 0.3 is 0 Å². The summed E-state index contributed by atoms with van der Waals surface area (Å²) >= 11 is 12.0. The lowest BCUT2D eigenvalue weighted by molar-refractivity contribution is -0.121. The lowest BCUT2D eigenvalue weighted by Gasteiger charge is -2.31. The molecule has 2 aromatic rings. The molecule has 1 aliphatic rings. The summed E-state index contributed by atoms with van der Waals surface area (Å²) in [5.74, 6) is -0.300. The van der Waals surface area contributed by atoms with Crippen LogP contribution in [0, 0.1) is 5.92 Å². The van der Waals surface area contributed by atoms with Crippen molar-refractivity contribution in [3.05, 3.63) is 57.6 Å². The molecule has 0 spiro atoms. The SMILES string of the molecule is CC(C)C(=O)N1CCCc2ccc(NC(=O)c3ccc(Cl)cc3Cl)cc21. The fourth-order valence-corrected chi connectivity index (χ4v) is 3.56. The number of hydrogen-bond donors (Lipinski definition) is 1. The second-order valence-corrected chi connectivity index (χ2v) is 7.51. The maximum absolute atomic E-state index is 12.5. The van der Waals surface area contributed by atoms with Gasteiger partial charge in [-0.3, -0.25) is 9.59 Å². The molecule has 1 N–H and O–H groups in total. The number of carbonyl (C=O) groups excluding carboxylic acids is 2. The van der Waals surface area contributed by atoms with Crippen molar-refractivity contribution in [3.8, 4) is 0 Å². The maximum Gasteiger partial charge on any atom is 0.257 e. The molecule has 0 fully saturated rings. The number of halogens is 2. The van der Waals surface area contributed by atoms with Gasteiger partial charge in [-0.15, -0.1) is 0 Å². The third-order valence-corrected chi connectivity index (χ3v) is 4.95. The second-order valence-electron chi connectivity index (χ2n) is 6.67.